The molecule has 0 unspecified atom stereocenters. The highest BCUT2D eigenvalue weighted by molar-refractivity contribution is 6.15. The van der Waals surface area contributed by atoms with E-state index in [1.165, 1.54) is 19.5 Å². The number of methoxy groups -OCH3 is 1. The summed E-state index contributed by atoms with van der Waals surface area (Å²) in [5, 5.41) is 5.79. The first-order chi connectivity index (χ1) is 13.2. The van der Waals surface area contributed by atoms with Crippen LogP contribution in [0.2, 0.25) is 0 Å². The molecule has 0 fully saturated rings. The summed E-state index contributed by atoms with van der Waals surface area (Å²) in [5.41, 5.74) is 1.51. The SMILES string of the molecule is CCOC(=O)/C(=C/N/C(=C\Nc1ccccc1)C(=O)OC)c1ccccn1. The number of carbonyl (C=O) groups excluding carboxylic acids is 2. The number of para-hydroxylation sites is 1. The number of ether oxygens (including phenoxy) is 2. The van der Waals surface area contributed by atoms with Crippen LogP contribution in [-0.2, 0) is 19.1 Å². The predicted octanol–water partition coefficient (Wildman–Crippen LogP) is 2.70. The number of nitrogens with zero attached hydrogens (tertiary/aromatic N) is 1. The Morgan fingerprint density at radius 2 is 1.78 bits per heavy atom. The van der Waals surface area contributed by atoms with Gasteiger partial charge in [-0.15, -0.1) is 0 Å². The largest absolute Gasteiger partial charge is 0.464 e. The summed E-state index contributed by atoms with van der Waals surface area (Å²) in [5.74, 6) is -1.15. The Morgan fingerprint density at radius 1 is 1.04 bits per heavy atom. The number of pyridine rings is 1. The zero-order chi connectivity index (χ0) is 19.5. The second kappa shape index (κ2) is 10.4. The molecule has 0 spiro atoms. The lowest BCUT2D eigenvalue weighted by Gasteiger charge is -2.10. The van der Waals surface area contributed by atoms with Gasteiger partial charge in [-0.2, -0.15) is 0 Å². The number of hydrogen-bond donors (Lipinski definition) is 2. The fraction of sp³-hybridized carbons (Fsp3) is 0.150. The maximum absolute atomic E-state index is 12.3. The van der Waals surface area contributed by atoms with Crippen molar-refractivity contribution in [2.24, 2.45) is 0 Å². The number of anilines is 1. The molecular weight excluding hydrogens is 346 g/mol. The molecule has 1 aromatic carbocycles. The molecule has 0 bridgehead atoms. The Hall–Kier alpha value is -3.61. The second-order valence-electron chi connectivity index (χ2n) is 5.20. The molecule has 0 saturated carbocycles. The third-order valence-electron chi connectivity index (χ3n) is 3.37. The molecule has 1 aromatic heterocycles. The van der Waals surface area contributed by atoms with Crippen LogP contribution in [0.4, 0.5) is 5.69 Å². The van der Waals surface area contributed by atoms with Crippen molar-refractivity contribution >= 4 is 23.2 Å². The molecule has 0 atom stereocenters. The summed E-state index contributed by atoms with van der Waals surface area (Å²) >= 11 is 0. The lowest BCUT2D eigenvalue weighted by atomic mass is 10.2. The van der Waals surface area contributed by atoms with Gasteiger partial charge in [0.05, 0.1) is 19.4 Å². The number of hydrogen-bond acceptors (Lipinski definition) is 7. The lowest BCUT2D eigenvalue weighted by molar-refractivity contribution is -0.137. The Bertz CT molecular complexity index is 818. The van der Waals surface area contributed by atoms with Crippen molar-refractivity contribution < 1.29 is 19.1 Å². The van der Waals surface area contributed by atoms with Crippen molar-refractivity contribution in [3.63, 3.8) is 0 Å². The zero-order valence-corrected chi connectivity index (χ0v) is 15.1. The molecule has 140 valence electrons. The van der Waals surface area contributed by atoms with Crippen LogP contribution in [0, 0.1) is 0 Å². The molecule has 0 aliphatic heterocycles. The van der Waals surface area contributed by atoms with E-state index in [0.29, 0.717) is 5.69 Å². The first-order valence-corrected chi connectivity index (χ1v) is 8.31. The molecular formula is C20H21N3O4. The van der Waals surface area contributed by atoms with Gasteiger partial charge in [0.25, 0.3) is 0 Å². The second-order valence-corrected chi connectivity index (χ2v) is 5.20. The topological polar surface area (TPSA) is 89.6 Å². The van der Waals surface area contributed by atoms with E-state index in [-0.39, 0.29) is 17.9 Å². The molecule has 0 aliphatic carbocycles. The van der Waals surface area contributed by atoms with Crippen LogP contribution in [0.15, 0.2) is 72.8 Å². The lowest BCUT2D eigenvalue weighted by Crippen LogP contribution is -2.20. The fourth-order valence-corrected chi connectivity index (χ4v) is 2.08. The highest BCUT2D eigenvalue weighted by atomic mass is 16.5. The fourth-order valence-electron chi connectivity index (χ4n) is 2.08. The van der Waals surface area contributed by atoms with E-state index in [1.54, 1.807) is 31.3 Å². The molecule has 0 radical (unpaired) electrons. The molecule has 0 amide bonds. The van der Waals surface area contributed by atoms with E-state index >= 15 is 0 Å². The summed E-state index contributed by atoms with van der Waals surface area (Å²) < 4.78 is 9.84. The van der Waals surface area contributed by atoms with Gasteiger partial charge in [0.2, 0.25) is 0 Å². The monoisotopic (exact) mass is 367 g/mol. The van der Waals surface area contributed by atoms with Gasteiger partial charge in [-0.05, 0) is 31.2 Å². The summed E-state index contributed by atoms with van der Waals surface area (Å²) in [6, 6.07) is 14.5. The Balaban J connectivity index is 2.27. The van der Waals surface area contributed by atoms with Gasteiger partial charge in [0, 0.05) is 24.3 Å². The molecule has 27 heavy (non-hydrogen) atoms. The summed E-state index contributed by atoms with van der Waals surface area (Å²) in [4.78, 5) is 28.4. The summed E-state index contributed by atoms with van der Waals surface area (Å²) in [7, 11) is 1.27. The van der Waals surface area contributed by atoms with Crippen molar-refractivity contribution in [1.82, 2.24) is 10.3 Å². The van der Waals surface area contributed by atoms with E-state index < -0.39 is 11.9 Å². The van der Waals surface area contributed by atoms with Crippen molar-refractivity contribution in [1.29, 1.82) is 0 Å². The number of rotatable bonds is 8. The van der Waals surface area contributed by atoms with E-state index in [2.05, 4.69) is 15.6 Å². The van der Waals surface area contributed by atoms with E-state index in [9.17, 15) is 9.59 Å². The van der Waals surface area contributed by atoms with Gasteiger partial charge >= 0.3 is 11.9 Å². The van der Waals surface area contributed by atoms with Crippen molar-refractivity contribution in [3.8, 4) is 0 Å². The molecule has 0 aliphatic rings. The highest BCUT2D eigenvalue weighted by Gasteiger charge is 2.16. The Morgan fingerprint density at radius 3 is 2.41 bits per heavy atom. The minimum Gasteiger partial charge on any atom is -0.464 e. The van der Waals surface area contributed by atoms with E-state index in [4.69, 9.17) is 9.47 Å². The van der Waals surface area contributed by atoms with Gasteiger partial charge in [0.15, 0.2) is 0 Å². The van der Waals surface area contributed by atoms with Gasteiger partial charge in [-0.1, -0.05) is 24.3 Å². The van der Waals surface area contributed by atoms with E-state index in [0.717, 1.165) is 5.69 Å². The molecule has 7 nitrogen and oxygen atoms in total. The number of esters is 2. The van der Waals surface area contributed by atoms with Crippen LogP contribution < -0.4 is 10.6 Å². The molecule has 2 aromatic rings. The molecule has 2 rings (SSSR count). The van der Waals surface area contributed by atoms with Gasteiger partial charge in [-0.3, -0.25) is 4.98 Å². The number of benzene rings is 1. The predicted molar refractivity (Wildman–Crippen MR) is 102 cm³/mol. The van der Waals surface area contributed by atoms with Gasteiger partial charge in [-0.25, -0.2) is 9.59 Å². The zero-order valence-electron chi connectivity index (χ0n) is 15.1. The smallest absolute Gasteiger partial charge is 0.355 e. The summed E-state index contributed by atoms with van der Waals surface area (Å²) in [6.07, 6.45) is 4.39. The normalized spacial score (nSPS) is 11.5. The summed E-state index contributed by atoms with van der Waals surface area (Å²) in [6.45, 7) is 1.93. The van der Waals surface area contributed by atoms with Crippen LogP contribution >= 0.6 is 0 Å². The van der Waals surface area contributed by atoms with Crippen molar-refractivity contribution in [2.75, 3.05) is 19.0 Å². The maximum atomic E-state index is 12.3. The molecule has 0 saturated heterocycles. The van der Waals surface area contributed by atoms with Crippen LogP contribution in [0.1, 0.15) is 12.6 Å². The van der Waals surface area contributed by atoms with Crippen LogP contribution in [-0.4, -0.2) is 30.6 Å². The third kappa shape index (κ3) is 6.00. The highest BCUT2D eigenvalue weighted by Crippen LogP contribution is 2.13. The minimum atomic E-state index is -0.598. The van der Waals surface area contributed by atoms with E-state index in [1.807, 2.05) is 30.3 Å². The van der Waals surface area contributed by atoms with Crippen LogP contribution in [0.3, 0.4) is 0 Å². The average molecular weight is 367 g/mol. The quantitative estimate of drug-likeness (QED) is 0.548. The third-order valence-corrected chi connectivity index (χ3v) is 3.37. The molecule has 7 heteroatoms. The Labute approximate surface area is 157 Å². The minimum absolute atomic E-state index is 0.110. The number of aromatic nitrogens is 1. The standard InChI is InChI=1S/C20H21N3O4/c1-3-27-19(24)16(17-11-7-8-12-21-17)13-23-18(20(25)26-2)14-22-15-9-5-4-6-10-15/h4-14,22-23H,3H2,1-2H3/b16-13+,18-14-. The van der Waals surface area contributed by atoms with Gasteiger partial charge < -0.3 is 20.1 Å². The number of carbonyl (C=O) groups is 2. The van der Waals surface area contributed by atoms with Crippen LogP contribution in [0.25, 0.3) is 5.57 Å². The molecule has 1 heterocycles. The average Bonchev–Trinajstić information content (AvgIpc) is 2.71. The first kappa shape index (κ1) is 19.7. The van der Waals surface area contributed by atoms with Crippen molar-refractivity contribution in [3.05, 3.63) is 78.5 Å². The molecule has 2 N–H and O–H groups in total. The Kier molecular flexibility index (Phi) is 7.59. The maximum Gasteiger partial charge on any atom is 0.355 e. The number of nitrogens with one attached hydrogen (secondary N) is 2. The van der Waals surface area contributed by atoms with Crippen LogP contribution in [0.5, 0.6) is 0 Å². The first-order valence-electron chi connectivity index (χ1n) is 8.31. The van der Waals surface area contributed by atoms with Crippen molar-refractivity contribution in [2.45, 2.75) is 6.92 Å². The van der Waals surface area contributed by atoms with Gasteiger partial charge in [0.1, 0.15) is 11.3 Å².